The minimum absolute atomic E-state index is 0.0484. The van der Waals surface area contributed by atoms with Gasteiger partial charge >= 0.3 is 0 Å². The average Bonchev–Trinajstić information content (AvgIpc) is 2.87. The van der Waals surface area contributed by atoms with Crippen molar-refractivity contribution in [1.29, 1.82) is 0 Å². The molecular weight excluding hydrogens is 264 g/mol. The van der Waals surface area contributed by atoms with E-state index in [2.05, 4.69) is 67.8 Å². The molecule has 3 N–H and O–H groups in total. The lowest BCUT2D eigenvalue weighted by Crippen LogP contribution is -2.28. The van der Waals surface area contributed by atoms with Crippen LogP contribution in [-0.4, -0.2) is 0 Å². The van der Waals surface area contributed by atoms with Gasteiger partial charge in [-0.3, -0.25) is 5.84 Å². The monoisotopic (exact) mass is 282 g/mol. The van der Waals surface area contributed by atoms with E-state index in [9.17, 15) is 0 Å². The highest BCUT2D eigenvalue weighted by Crippen LogP contribution is 2.34. The van der Waals surface area contributed by atoms with E-state index >= 15 is 0 Å². The molecule has 0 amide bonds. The van der Waals surface area contributed by atoms with Crippen LogP contribution in [0.2, 0.25) is 0 Å². The number of hydrogen-bond donors (Lipinski definition) is 2. The zero-order valence-electron chi connectivity index (χ0n) is 11.7. The van der Waals surface area contributed by atoms with Gasteiger partial charge < -0.3 is 0 Å². The van der Waals surface area contributed by atoms with Gasteiger partial charge in [0, 0.05) is 9.58 Å². The largest absolute Gasteiger partial charge is 0.271 e. The minimum atomic E-state index is 0.0484. The number of nitrogens with one attached hydrogen (secondary N) is 1. The third kappa shape index (κ3) is 2.36. The molecule has 0 bridgehead atoms. The molecule has 1 atom stereocenters. The molecule has 0 saturated heterocycles. The van der Waals surface area contributed by atoms with Crippen molar-refractivity contribution < 1.29 is 0 Å². The van der Waals surface area contributed by atoms with Gasteiger partial charge in [-0.2, -0.15) is 0 Å². The second-order valence-electron chi connectivity index (χ2n) is 5.15. The Kier molecular flexibility index (Phi) is 3.57. The van der Waals surface area contributed by atoms with Gasteiger partial charge in [0.05, 0.1) is 6.04 Å². The molecular formula is C17H18N2S. The summed E-state index contributed by atoms with van der Waals surface area (Å²) in [6.07, 6.45) is 0. The minimum Gasteiger partial charge on any atom is -0.271 e. The Bertz CT molecular complexity index is 713. The summed E-state index contributed by atoms with van der Waals surface area (Å²) in [5, 5.41) is 1.28. The van der Waals surface area contributed by atoms with E-state index in [0.717, 1.165) is 0 Å². The van der Waals surface area contributed by atoms with Gasteiger partial charge in [-0.25, -0.2) is 5.43 Å². The second-order valence-corrected chi connectivity index (χ2v) is 6.26. The molecule has 1 unspecified atom stereocenters. The highest BCUT2D eigenvalue weighted by Gasteiger charge is 2.17. The first-order valence-electron chi connectivity index (χ1n) is 6.71. The molecule has 0 aliphatic rings. The molecule has 1 heterocycles. The highest BCUT2D eigenvalue weighted by atomic mass is 32.1. The van der Waals surface area contributed by atoms with Crippen molar-refractivity contribution in [3.63, 3.8) is 0 Å². The summed E-state index contributed by atoms with van der Waals surface area (Å²) in [6.45, 7) is 4.24. The zero-order chi connectivity index (χ0) is 14.1. The molecule has 1 aromatic heterocycles. The van der Waals surface area contributed by atoms with E-state index in [-0.39, 0.29) is 6.04 Å². The van der Waals surface area contributed by atoms with E-state index in [1.54, 1.807) is 11.3 Å². The standard InChI is InChI=1S/C17H18N2S/c1-11-7-8-12(2)14(9-11)17(19-18)16-10-13-5-3-4-6-15(13)20-16/h3-10,17,19H,18H2,1-2H3. The number of hydrogen-bond acceptors (Lipinski definition) is 3. The van der Waals surface area contributed by atoms with E-state index < -0.39 is 0 Å². The Morgan fingerprint density at radius 2 is 1.85 bits per heavy atom. The molecule has 2 nitrogen and oxygen atoms in total. The maximum absolute atomic E-state index is 5.83. The van der Waals surface area contributed by atoms with Crippen molar-refractivity contribution in [2.45, 2.75) is 19.9 Å². The van der Waals surface area contributed by atoms with Crippen molar-refractivity contribution in [1.82, 2.24) is 5.43 Å². The average molecular weight is 282 g/mol. The third-order valence-corrected chi connectivity index (χ3v) is 4.82. The molecule has 0 aliphatic carbocycles. The lowest BCUT2D eigenvalue weighted by Gasteiger charge is -2.17. The molecule has 0 fully saturated rings. The summed E-state index contributed by atoms with van der Waals surface area (Å²) >= 11 is 1.80. The van der Waals surface area contributed by atoms with Crippen molar-refractivity contribution in [3.05, 3.63) is 70.1 Å². The Morgan fingerprint density at radius 1 is 1.05 bits per heavy atom. The Labute approximate surface area is 123 Å². The molecule has 0 saturated carbocycles. The molecule has 2 aromatic carbocycles. The van der Waals surface area contributed by atoms with Gasteiger partial charge in [0.25, 0.3) is 0 Å². The second kappa shape index (κ2) is 5.37. The lowest BCUT2D eigenvalue weighted by atomic mass is 9.98. The fourth-order valence-corrected chi connectivity index (χ4v) is 3.68. The maximum atomic E-state index is 5.83. The topological polar surface area (TPSA) is 38.0 Å². The maximum Gasteiger partial charge on any atom is 0.0805 e. The number of thiophene rings is 1. The Hall–Kier alpha value is -1.68. The number of fused-ring (bicyclic) bond motifs is 1. The number of rotatable bonds is 3. The van der Waals surface area contributed by atoms with Crippen LogP contribution >= 0.6 is 11.3 Å². The fourth-order valence-electron chi connectivity index (χ4n) is 2.54. The van der Waals surface area contributed by atoms with Crippen molar-refractivity contribution >= 4 is 21.4 Å². The summed E-state index contributed by atoms with van der Waals surface area (Å²) < 4.78 is 1.30. The van der Waals surface area contributed by atoms with Crippen LogP contribution in [0.15, 0.2) is 48.5 Å². The molecule has 3 rings (SSSR count). The molecule has 0 aliphatic heterocycles. The third-order valence-electron chi connectivity index (χ3n) is 3.64. The van der Waals surface area contributed by atoms with Gasteiger partial charge in [-0.1, -0.05) is 42.0 Å². The first kappa shape index (κ1) is 13.3. The predicted molar refractivity (Wildman–Crippen MR) is 86.9 cm³/mol. The van der Waals surface area contributed by atoms with Crippen LogP contribution in [0, 0.1) is 13.8 Å². The zero-order valence-corrected chi connectivity index (χ0v) is 12.5. The van der Waals surface area contributed by atoms with E-state index in [4.69, 9.17) is 5.84 Å². The van der Waals surface area contributed by atoms with Gasteiger partial charge in [0.2, 0.25) is 0 Å². The van der Waals surface area contributed by atoms with Crippen molar-refractivity contribution in [3.8, 4) is 0 Å². The van der Waals surface area contributed by atoms with Crippen LogP contribution in [0.25, 0.3) is 10.1 Å². The lowest BCUT2D eigenvalue weighted by molar-refractivity contribution is 0.643. The van der Waals surface area contributed by atoms with Crippen molar-refractivity contribution in [2.75, 3.05) is 0 Å². The molecule has 102 valence electrons. The summed E-state index contributed by atoms with van der Waals surface area (Å²) in [7, 11) is 0. The normalized spacial score (nSPS) is 12.8. The first-order valence-corrected chi connectivity index (χ1v) is 7.52. The smallest absolute Gasteiger partial charge is 0.0805 e. The van der Waals surface area contributed by atoms with Crippen molar-refractivity contribution in [2.24, 2.45) is 5.84 Å². The quantitative estimate of drug-likeness (QED) is 0.561. The van der Waals surface area contributed by atoms with Gasteiger partial charge in [0.1, 0.15) is 0 Å². The summed E-state index contributed by atoms with van der Waals surface area (Å²) in [6, 6.07) is 17.2. The number of benzene rings is 2. The van der Waals surface area contributed by atoms with E-state index in [1.165, 1.54) is 31.7 Å². The van der Waals surface area contributed by atoms with Crippen LogP contribution in [0.1, 0.15) is 27.6 Å². The van der Waals surface area contributed by atoms with Gasteiger partial charge in [-0.15, -0.1) is 11.3 Å². The Morgan fingerprint density at radius 3 is 2.60 bits per heavy atom. The molecule has 0 radical (unpaired) electrons. The van der Waals surface area contributed by atoms with E-state index in [1.807, 2.05) is 0 Å². The van der Waals surface area contributed by atoms with Gasteiger partial charge in [-0.05, 0) is 42.5 Å². The Balaban J connectivity index is 2.11. The van der Waals surface area contributed by atoms with Crippen LogP contribution in [-0.2, 0) is 0 Å². The van der Waals surface area contributed by atoms with E-state index in [0.29, 0.717) is 0 Å². The van der Waals surface area contributed by atoms with Crippen LogP contribution in [0.4, 0.5) is 0 Å². The van der Waals surface area contributed by atoms with Crippen LogP contribution < -0.4 is 11.3 Å². The molecule has 3 heteroatoms. The molecule has 20 heavy (non-hydrogen) atoms. The number of aryl methyl sites for hydroxylation is 2. The first-order chi connectivity index (χ1) is 9.69. The van der Waals surface area contributed by atoms with Crippen LogP contribution in [0.5, 0.6) is 0 Å². The SMILES string of the molecule is Cc1ccc(C)c(C(NN)c2cc3ccccc3s2)c1. The van der Waals surface area contributed by atoms with Gasteiger partial charge in [0.15, 0.2) is 0 Å². The summed E-state index contributed by atoms with van der Waals surface area (Å²) in [4.78, 5) is 1.25. The molecule has 0 spiro atoms. The number of hydrazine groups is 1. The highest BCUT2D eigenvalue weighted by molar-refractivity contribution is 7.19. The molecule has 3 aromatic rings. The van der Waals surface area contributed by atoms with Crippen LogP contribution in [0.3, 0.4) is 0 Å². The fraction of sp³-hybridized carbons (Fsp3) is 0.176. The number of nitrogens with two attached hydrogens (primary N) is 1. The predicted octanol–water partition coefficient (Wildman–Crippen LogP) is 4.07. The summed E-state index contributed by atoms with van der Waals surface area (Å²) in [5.74, 6) is 5.83. The summed E-state index contributed by atoms with van der Waals surface area (Å²) in [5.41, 5.74) is 6.74.